The number of aromatic nitrogens is 2. The third kappa shape index (κ3) is 3.37. The zero-order valence-electron chi connectivity index (χ0n) is 15.1. The molecule has 1 aromatic carbocycles. The van der Waals surface area contributed by atoms with Gasteiger partial charge in [-0.05, 0) is 24.9 Å². The van der Waals surface area contributed by atoms with Gasteiger partial charge in [0.05, 0.1) is 6.04 Å². The number of hydrogen-bond donors (Lipinski definition) is 1. The molecule has 1 fully saturated rings. The Morgan fingerprint density at radius 1 is 1.25 bits per heavy atom. The Morgan fingerprint density at radius 3 is 2.54 bits per heavy atom. The van der Waals surface area contributed by atoms with E-state index < -0.39 is 0 Å². The van der Waals surface area contributed by atoms with E-state index in [0.29, 0.717) is 24.3 Å². The van der Waals surface area contributed by atoms with E-state index in [1.54, 1.807) is 0 Å². The maximum atomic E-state index is 6.05. The van der Waals surface area contributed by atoms with Gasteiger partial charge in [-0.1, -0.05) is 56.3 Å². The molecule has 2 heterocycles. The zero-order valence-corrected chi connectivity index (χ0v) is 15.1. The molecule has 130 valence electrons. The van der Waals surface area contributed by atoms with E-state index >= 15 is 0 Å². The summed E-state index contributed by atoms with van der Waals surface area (Å²) in [7, 11) is 0. The molecule has 5 nitrogen and oxygen atoms in total. The standard InChI is InChI=1S/C19H28N4O/c1-13(17-21-18(22-24-17)19(2,3)4)23-11-15(10-20)16(12-23)14-8-6-5-7-9-14/h5-9,13,15-16H,10-12,20H2,1-4H3/t13?,15-,16+/m1/s1. The second-order valence-corrected chi connectivity index (χ2v) is 7.85. The fourth-order valence-electron chi connectivity index (χ4n) is 3.40. The van der Waals surface area contributed by atoms with Crippen LogP contribution in [0.4, 0.5) is 0 Å². The molecule has 2 aromatic rings. The smallest absolute Gasteiger partial charge is 0.243 e. The Labute approximate surface area is 144 Å². The highest BCUT2D eigenvalue weighted by atomic mass is 16.5. The summed E-state index contributed by atoms with van der Waals surface area (Å²) in [5, 5.41) is 4.16. The number of rotatable bonds is 4. The first-order valence-corrected chi connectivity index (χ1v) is 8.73. The van der Waals surface area contributed by atoms with E-state index in [2.05, 4.69) is 73.1 Å². The number of benzene rings is 1. The molecule has 1 aromatic heterocycles. The first-order chi connectivity index (χ1) is 11.4. The maximum absolute atomic E-state index is 6.05. The fraction of sp³-hybridized carbons (Fsp3) is 0.579. The monoisotopic (exact) mass is 328 g/mol. The van der Waals surface area contributed by atoms with Gasteiger partial charge in [0.25, 0.3) is 0 Å². The molecular weight excluding hydrogens is 300 g/mol. The Hall–Kier alpha value is -1.72. The van der Waals surface area contributed by atoms with Crippen LogP contribution in [0.1, 0.15) is 56.9 Å². The molecule has 1 saturated heterocycles. The third-order valence-corrected chi connectivity index (χ3v) is 5.02. The normalized spacial score (nSPS) is 23.5. The van der Waals surface area contributed by atoms with Crippen molar-refractivity contribution in [1.29, 1.82) is 0 Å². The van der Waals surface area contributed by atoms with Crippen molar-refractivity contribution in [1.82, 2.24) is 15.0 Å². The molecule has 3 atom stereocenters. The molecule has 0 bridgehead atoms. The lowest BCUT2D eigenvalue weighted by Gasteiger charge is -2.21. The van der Waals surface area contributed by atoms with E-state index in [-0.39, 0.29) is 11.5 Å². The van der Waals surface area contributed by atoms with Gasteiger partial charge in [-0.15, -0.1) is 0 Å². The fourth-order valence-corrected chi connectivity index (χ4v) is 3.40. The van der Waals surface area contributed by atoms with Crippen molar-refractivity contribution in [3.63, 3.8) is 0 Å². The lowest BCUT2D eigenvalue weighted by Crippen LogP contribution is -2.26. The Kier molecular flexibility index (Phi) is 4.74. The zero-order chi connectivity index (χ0) is 17.3. The number of hydrogen-bond acceptors (Lipinski definition) is 5. The summed E-state index contributed by atoms with van der Waals surface area (Å²) in [5.41, 5.74) is 7.31. The quantitative estimate of drug-likeness (QED) is 0.934. The minimum atomic E-state index is -0.0984. The van der Waals surface area contributed by atoms with Crippen LogP contribution in [-0.2, 0) is 5.41 Å². The van der Waals surface area contributed by atoms with E-state index in [4.69, 9.17) is 10.3 Å². The predicted octanol–water partition coefficient (Wildman–Crippen LogP) is 3.10. The second-order valence-electron chi connectivity index (χ2n) is 7.85. The molecule has 0 saturated carbocycles. The first-order valence-electron chi connectivity index (χ1n) is 8.73. The van der Waals surface area contributed by atoms with Gasteiger partial charge in [0.15, 0.2) is 5.82 Å². The summed E-state index contributed by atoms with van der Waals surface area (Å²) in [4.78, 5) is 7.04. The molecule has 0 aliphatic carbocycles. The van der Waals surface area contributed by atoms with Crippen molar-refractivity contribution in [2.24, 2.45) is 11.7 Å². The highest BCUT2D eigenvalue weighted by molar-refractivity contribution is 5.23. The largest absolute Gasteiger partial charge is 0.338 e. The second kappa shape index (κ2) is 6.65. The lowest BCUT2D eigenvalue weighted by atomic mass is 9.89. The molecule has 0 radical (unpaired) electrons. The molecular formula is C19H28N4O. The minimum absolute atomic E-state index is 0.0984. The highest BCUT2D eigenvalue weighted by Crippen LogP contribution is 2.36. The van der Waals surface area contributed by atoms with Crippen molar-refractivity contribution in [2.45, 2.75) is 45.1 Å². The summed E-state index contributed by atoms with van der Waals surface area (Å²) in [5.74, 6) is 2.38. The predicted molar refractivity (Wildman–Crippen MR) is 94.7 cm³/mol. The molecule has 0 amide bonds. The molecule has 24 heavy (non-hydrogen) atoms. The van der Waals surface area contributed by atoms with Crippen LogP contribution in [0.25, 0.3) is 0 Å². The average molecular weight is 328 g/mol. The maximum Gasteiger partial charge on any atom is 0.243 e. The van der Waals surface area contributed by atoms with Crippen LogP contribution >= 0.6 is 0 Å². The van der Waals surface area contributed by atoms with E-state index in [9.17, 15) is 0 Å². The lowest BCUT2D eigenvalue weighted by molar-refractivity contribution is 0.202. The van der Waals surface area contributed by atoms with E-state index in [1.807, 2.05) is 0 Å². The average Bonchev–Trinajstić information content (AvgIpc) is 3.22. The Bertz CT molecular complexity index is 662. The summed E-state index contributed by atoms with van der Waals surface area (Å²) in [6, 6.07) is 10.8. The Morgan fingerprint density at radius 2 is 1.96 bits per heavy atom. The van der Waals surface area contributed by atoms with Crippen LogP contribution in [0.3, 0.4) is 0 Å². The number of nitrogens with two attached hydrogens (primary N) is 1. The number of nitrogens with zero attached hydrogens (tertiary/aromatic N) is 3. The van der Waals surface area contributed by atoms with Gasteiger partial charge in [0.1, 0.15) is 0 Å². The molecule has 0 spiro atoms. The van der Waals surface area contributed by atoms with Gasteiger partial charge in [-0.25, -0.2) is 0 Å². The summed E-state index contributed by atoms with van der Waals surface area (Å²) < 4.78 is 5.54. The van der Waals surface area contributed by atoms with Crippen LogP contribution in [0.2, 0.25) is 0 Å². The molecule has 1 unspecified atom stereocenters. The first kappa shape index (κ1) is 17.1. The third-order valence-electron chi connectivity index (χ3n) is 5.02. The van der Waals surface area contributed by atoms with Crippen LogP contribution < -0.4 is 5.73 Å². The Balaban J connectivity index is 1.77. The van der Waals surface area contributed by atoms with Gasteiger partial charge < -0.3 is 10.3 Å². The van der Waals surface area contributed by atoms with Crippen LogP contribution in [-0.4, -0.2) is 34.7 Å². The van der Waals surface area contributed by atoms with Crippen molar-refractivity contribution in [2.75, 3.05) is 19.6 Å². The van der Waals surface area contributed by atoms with Crippen LogP contribution in [0.5, 0.6) is 0 Å². The molecule has 5 heteroatoms. The summed E-state index contributed by atoms with van der Waals surface area (Å²) >= 11 is 0. The van der Waals surface area contributed by atoms with Gasteiger partial charge in [0.2, 0.25) is 5.89 Å². The SMILES string of the molecule is CC(c1nc(C(C)(C)C)no1)N1C[C@@H](CN)[C@H](c2ccccc2)C1. The van der Waals surface area contributed by atoms with Crippen molar-refractivity contribution in [3.05, 3.63) is 47.6 Å². The van der Waals surface area contributed by atoms with Crippen molar-refractivity contribution < 1.29 is 4.52 Å². The molecule has 3 rings (SSSR count). The summed E-state index contributed by atoms with van der Waals surface area (Å²) in [6.07, 6.45) is 0. The minimum Gasteiger partial charge on any atom is -0.338 e. The van der Waals surface area contributed by atoms with Gasteiger partial charge >= 0.3 is 0 Å². The highest BCUT2D eigenvalue weighted by Gasteiger charge is 2.37. The van der Waals surface area contributed by atoms with Crippen LogP contribution in [0, 0.1) is 5.92 Å². The number of likely N-dealkylation sites (tertiary alicyclic amines) is 1. The van der Waals surface area contributed by atoms with Crippen molar-refractivity contribution in [3.8, 4) is 0 Å². The molecule has 2 N–H and O–H groups in total. The van der Waals surface area contributed by atoms with Gasteiger partial charge in [-0.2, -0.15) is 4.98 Å². The van der Waals surface area contributed by atoms with E-state index in [0.717, 1.165) is 18.9 Å². The molecule has 1 aliphatic rings. The van der Waals surface area contributed by atoms with E-state index in [1.165, 1.54) is 5.56 Å². The van der Waals surface area contributed by atoms with Crippen molar-refractivity contribution >= 4 is 0 Å². The molecule has 1 aliphatic heterocycles. The summed E-state index contributed by atoms with van der Waals surface area (Å²) in [6.45, 7) is 11.1. The van der Waals surface area contributed by atoms with Crippen LogP contribution in [0.15, 0.2) is 34.9 Å². The topological polar surface area (TPSA) is 68.2 Å². The van der Waals surface area contributed by atoms with Gasteiger partial charge in [-0.3, -0.25) is 4.90 Å². The van der Waals surface area contributed by atoms with Gasteiger partial charge in [0, 0.05) is 24.4 Å².